The predicted molar refractivity (Wildman–Crippen MR) is 92.9 cm³/mol. The van der Waals surface area contributed by atoms with Gasteiger partial charge in [0.05, 0.1) is 11.7 Å². The van der Waals surface area contributed by atoms with Gasteiger partial charge in [-0.1, -0.05) is 12.1 Å². The first-order chi connectivity index (χ1) is 12.1. The molecule has 0 amide bonds. The highest BCUT2D eigenvalue weighted by Crippen LogP contribution is 2.32. The minimum atomic E-state index is -0.942. The topological polar surface area (TPSA) is 67.6 Å². The Morgan fingerprint density at radius 1 is 1.40 bits per heavy atom. The molecule has 132 valence electrons. The van der Waals surface area contributed by atoms with Gasteiger partial charge in [-0.05, 0) is 32.3 Å². The fraction of sp³-hybridized carbons (Fsp3) is 0.474. The molecule has 6 nitrogen and oxygen atoms in total. The van der Waals surface area contributed by atoms with Gasteiger partial charge >= 0.3 is 5.97 Å². The SMILES string of the molecule is Cc1nn(C2CCC2)cc1CN1CCOc2c(cccc2C(=O)O)C1. The monoisotopic (exact) mass is 341 g/mol. The summed E-state index contributed by atoms with van der Waals surface area (Å²) in [6.45, 7) is 4.81. The molecule has 1 aliphatic heterocycles. The highest BCUT2D eigenvalue weighted by atomic mass is 16.5. The van der Waals surface area contributed by atoms with Crippen LogP contribution >= 0.6 is 0 Å². The second kappa shape index (κ2) is 6.52. The molecule has 1 fully saturated rings. The van der Waals surface area contributed by atoms with Gasteiger partial charge in [-0.25, -0.2) is 4.79 Å². The van der Waals surface area contributed by atoms with Crippen LogP contribution in [0.1, 0.15) is 52.5 Å². The lowest BCUT2D eigenvalue weighted by atomic mass is 9.93. The van der Waals surface area contributed by atoms with Crippen molar-refractivity contribution in [2.75, 3.05) is 13.2 Å². The van der Waals surface area contributed by atoms with Gasteiger partial charge in [0, 0.05) is 37.0 Å². The molecule has 0 radical (unpaired) electrons. The third-order valence-corrected chi connectivity index (χ3v) is 5.24. The van der Waals surface area contributed by atoms with E-state index in [2.05, 4.69) is 27.8 Å². The van der Waals surface area contributed by atoms with Crippen molar-refractivity contribution in [2.45, 2.75) is 45.3 Å². The quantitative estimate of drug-likeness (QED) is 0.926. The van der Waals surface area contributed by atoms with Crippen LogP contribution in [0.5, 0.6) is 5.75 Å². The highest BCUT2D eigenvalue weighted by molar-refractivity contribution is 5.91. The lowest BCUT2D eigenvalue weighted by Gasteiger charge is -2.25. The number of hydrogen-bond acceptors (Lipinski definition) is 4. The molecule has 6 heteroatoms. The summed E-state index contributed by atoms with van der Waals surface area (Å²) < 4.78 is 7.89. The van der Waals surface area contributed by atoms with Crippen molar-refractivity contribution in [3.8, 4) is 5.75 Å². The summed E-state index contributed by atoms with van der Waals surface area (Å²) in [6, 6.07) is 5.90. The van der Waals surface area contributed by atoms with Crippen molar-refractivity contribution in [2.24, 2.45) is 0 Å². The van der Waals surface area contributed by atoms with E-state index in [-0.39, 0.29) is 5.56 Å². The van der Waals surface area contributed by atoms with Crippen LogP contribution in [0.2, 0.25) is 0 Å². The van der Waals surface area contributed by atoms with E-state index >= 15 is 0 Å². The van der Waals surface area contributed by atoms with Crippen LogP contribution in [-0.4, -0.2) is 38.9 Å². The van der Waals surface area contributed by atoms with Gasteiger partial charge in [0.25, 0.3) is 0 Å². The Bertz CT molecular complexity index is 795. The number of fused-ring (bicyclic) bond motifs is 1. The Kier molecular flexibility index (Phi) is 4.21. The second-order valence-electron chi connectivity index (χ2n) is 6.96. The number of rotatable bonds is 4. The molecule has 0 spiro atoms. The van der Waals surface area contributed by atoms with Crippen LogP contribution < -0.4 is 4.74 Å². The van der Waals surface area contributed by atoms with Gasteiger partial charge < -0.3 is 9.84 Å². The maximum atomic E-state index is 11.4. The van der Waals surface area contributed by atoms with Crippen LogP contribution in [0, 0.1) is 6.92 Å². The van der Waals surface area contributed by atoms with Crippen molar-refractivity contribution >= 4 is 5.97 Å². The first kappa shape index (κ1) is 16.1. The standard InChI is InChI=1S/C19H23N3O3/c1-13-15(12-22(20-13)16-5-3-6-16)11-21-8-9-25-18-14(10-21)4-2-7-17(18)19(23)24/h2,4,7,12,16H,3,5-6,8-11H2,1H3,(H,23,24). The van der Waals surface area contributed by atoms with Crippen molar-refractivity contribution < 1.29 is 14.6 Å². The van der Waals surface area contributed by atoms with Gasteiger partial charge in [0.2, 0.25) is 0 Å². The maximum absolute atomic E-state index is 11.4. The molecule has 2 heterocycles. The Labute approximate surface area is 147 Å². The number of para-hydroxylation sites is 1. The number of aryl methyl sites for hydroxylation is 1. The Morgan fingerprint density at radius 2 is 2.24 bits per heavy atom. The van der Waals surface area contributed by atoms with Gasteiger partial charge in [0.1, 0.15) is 17.9 Å². The first-order valence-electron chi connectivity index (χ1n) is 8.87. The van der Waals surface area contributed by atoms with Gasteiger partial charge in [-0.2, -0.15) is 5.10 Å². The average molecular weight is 341 g/mol. The van der Waals surface area contributed by atoms with E-state index in [0.717, 1.165) is 24.3 Å². The molecule has 1 aromatic carbocycles. The summed E-state index contributed by atoms with van der Waals surface area (Å²) in [5.74, 6) is -0.428. The third kappa shape index (κ3) is 3.14. The zero-order valence-corrected chi connectivity index (χ0v) is 14.4. The minimum absolute atomic E-state index is 0.244. The smallest absolute Gasteiger partial charge is 0.339 e. The lowest BCUT2D eigenvalue weighted by Crippen LogP contribution is -2.25. The summed E-state index contributed by atoms with van der Waals surface area (Å²) in [7, 11) is 0. The number of aromatic carboxylic acids is 1. The zero-order valence-electron chi connectivity index (χ0n) is 14.4. The summed E-state index contributed by atoms with van der Waals surface area (Å²) in [4.78, 5) is 13.7. The second-order valence-corrected chi connectivity index (χ2v) is 6.96. The average Bonchev–Trinajstić information content (AvgIpc) is 2.75. The van der Waals surface area contributed by atoms with Crippen LogP contribution in [0.3, 0.4) is 0 Å². The van der Waals surface area contributed by atoms with Gasteiger partial charge in [-0.15, -0.1) is 0 Å². The number of carboxylic acids is 1. The minimum Gasteiger partial charge on any atom is -0.491 e. The molecule has 4 rings (SSSR count). The van der Waals surface area contributed by atoms with E-state index in [0.29, 0.717) is 24.9 Å². The Hall–Kier alpha value is -2.34. The molecule has 1 aliphatic carbocycles. The third-order valence-electron chi connectivity index (χ3n) is 5.24. The number of ether oxygens (including phenoxy) is 1. The number of carboxylic acid groups (broad SMARTS) is 1. The number of hydrogen-bond donors (Lipinski definition) is 1. The van der Waals surface area contributed by atoms with Gasteiger partial charge in [0.15, 0.2) is 0 Å². The fourth-order valence-electron chi connectivity index (χ4n) is 3.53. The predicted octanol–water partition coefficient (Wildman–Crippen LogP) is 3.01. The molecule has 1 N–H and O–H groups in total. The van der Waals surface area contributed by atoms with Crippen LogP contribution in [0.4, 0.5) is 0 Å². The number of nitrogens with zero attached hydrogens (tertiary/aromatic N) is 3. The Balaban J connectivity index is 1.53. The number of benzene rings is 1. The molecule has 0 atom stereocenters. The molecule has 2 aromatic rings. The van der Waals surface area contributed by atoms with E-state index in [1.165, 1.54) is 24.8 Å². The highest BCUT2D eigenvalue weighted by Gasteiger charge is 2.24. The Morgan fingerprint density at radius 3 is 2.96 bits per heavy atom. The molecule has 0 unspecified atom stereocenters. The van der Waals surface area contributed by atoms with Crippen molar-refractivity contribution in [3.63, 3.8) is 0 Å². The molecular weight excluding hydrogens is 318 g/mol. The molecular formula is C19H23N3O3. The van der Waals surface area contributed by atoms with Crippen LogP contribution in [-0.2, 0) is 13.1 Å². The molecule has 0 bridgehead atoms. The van der Waals surface area contributed by atoms with Crippen molar-refractivity contribution in [1.29, 1.82) is 0 Å². The summed E-state index contributed by atoms with van der Waals surface area (Å²) in [5.41, 5.74) is 3.50. The zero-order chi connectivity index (χ0) is 17.4. The molecule has 2 aliphatic rings. The fourth-order valence-corrected chi connectivity index (χ4v) is 3.53. The largest absolute Gasteiger partial charge is 0.491 e. The molecule has 1 saturated carbocycles. The summed E-state index contributed by atoms with van der Waals surface area (Å²) >= 11 is 0. The van der Waals surface area contributed by atoms with E-state index in [4.69, 9.17) is 4.74 Å². The lowest BCUT2D eigenvalue weighted by molar-refractivity contribution is 0.0692. The van der Waals surface area contributed by atoms with Crippen LogP contribution in [0.25, 0.3) is 0 Å². The summed E-state index contributed by atoms with van der Waals surface area (Å²) in [5, 5.41) is 14.0. The van der Waals surface area contributed by atoms with Gasteiger partial charge in [-0.3, -0.25) is 9.58 Å². The molecule has 0 saturated heterocycles. The number of aromatic nitrogens is 2. The molecule has 1 aromatic heterocycles. The normalized spacial score (nSPS) is 18.1. The van der Waals surface area contributed by atoms with E-state index in [1.807, 2.05) is 6.07 Å². The molecule has 25 heavy (non-hydrogen) atoms. The summed E-state index contributed by atoms with van der Waals surface area (Å²) in [6.07, 6.45) is 5.93. The van der Waals surface area contributed by atoms with Crippen molar-refractivity contribution in [3.05, 3.63) is 46.8 Å². The van der Waals surface area contributed by atoms with E-state index in [1.54, 1.807) is 12.1 Å². The van der Waals surface area contributed by atoms with Crippen molar-refractivity contribution in [1.82, 2.24) is 14.7 Å². The van der Waals surface area contributed by atoms with E-state index in [9.17, 15) is 9.90 Å². The number of carbonyl (C=O) groups is 1. The first-order valence-corrected chi connectivity index (χ1v) is 8.87. The maximum Gasteiger partial charge on any atom is 0.339 e. The van der Waals surface area contributed by atoms with E-state index < -0.39 is 5.97 Å². The van der Waals surface area contributed by atoms with Crippen LogP contribution in [0.15, 0.2) is 24.4 Å².